The lowest BCUT2D eigenvalue weighted by Crippen LogP contribution is -2.17. The first kappa shape index (κ1) is 19.2. The van der Waals surface area contributed by atoms with Gasteiger partial charge in [-0.1, -0.05) is 0 Å². The van der Waals surface area contributed by atoms with Crippen molar-refractivity contribution in [2.24, 2.45) is 0 Å². The molecule has 8 heteroatoms. The van der Waals surface area contributed by atoms with E-state index in [1.807, 2.05) is 11.8 Å². The van der Waals surface area contributed by atoms with E-state index in [4.69, 9.17) is 18.9 Å². The molecule has 1 fully saturated rings. The number of methoxy groups -OCH3 is 3. The number of ether oxygens (including phenoxy) is 4. The van der Waals surface area contributed by atoms with Crippen molar-refractivity contribution >= 4 is 23.4 Å². The fourth-order valence-electron chi connectivity index (χ4n) is 2.75. The summed E-state index contributed by atoms with van der Waals surface area (Å²) in [7, 11) is 4.58. The molecule has 7 nitrogen and oxygen atoms in total. The second-order valence-electron chi connectivity index (χ2n) is 5.85. The van der Waals surface area contributed by atoms with Gasteiger partial charge in [0, 0.05) is 41.4 Å². The van der Waals surface area contributed by atoms with E-state index in [0.717, 1.165) is 17.9 Å². The molecule has 3 rings (SSSR count). The third-order valence-electron chi connectivity index (χ3n) is 4.09. The zero-order chi connectivity index (χ0) is 19.2. The highest BCUT2D eigenvalue weighted by Gasteiger charge is 2.19. The van der Waals surface area contributed by atoms with Crippen LogP contribution in [0, 0.1) is 0 Å². The minimum absolute atomic E-state index is 0.149. The fourth-order valence-corrected chi connectivity index (χ4v) is 3.84. The molecule has 0 aliphatic carbocycles. The quantitative estimate of drug-likeness (QED) is 0.777. The van der Waals surface area contributed by atoms with Crippen LogP contribution in [0.1, 0.15) is 16.8 Å². The topological polar surface area (TPSA) is 78.9 Å². The van der Waals surface area contributed by atoms with Crippen LogP contribution < -0.4 is 24.3 Å². The molecule has 1 unspecified atom stereocenters. The van der Waals surface area contributed by atoms with Gasteiger partial charge in [0.05, 0.1) is 21.3 Å². The lowest BCUT2D eigenvalue weighted by molar-refractivity contribution is 0.102. The van der Waals surface area contributed by atoms with Crippen LogP contribution in [0.3, 0.4) is 0 Å². The van der Waals surface area contributed by atoms with Gasteiger partial charge in [0.1, 0.15) is 6.10 Å². The highest BCUT2D eigenvalue weighted by Crippen LogP contribution is 2.40. The first-order valence-electron chi connectivity index (χ1n) is 8.46. The molecule has 0 radical (unpaired) electrons. The van der Waals surface area contributed by atoms with Crippen molar-refractivity contribution in [3.63, 3.8) is 0 Å². The SMILES string of the molecule is COc1cc(NC(=O)c2ccnc(OC3CCSC3)c2)cc(OC)c1OC. The first-order chi connectivity index (χ1) is 13.1. The minimum atomic E-state index is -0.280. The molecule has 0 saturated carbocycles. The van der Waals surface area contributed by atoms with Gasteiger partial charge in [0.25, 0.3) is 5.91 Å². The maximum Gasteiger partial charge on any atom is 0.255 e. The molecule has 1 amide bonds. The molecule has 2 aromatic rings. The van der Waals surface area contributed by atoms with E-state index in [-0.39, 0.29) is 12.0 Å². The number of pyridine rings is 1. The molecule has 1 aliphatic heterocycles. The number of hydrogen-bond donors (Lipinski definition) is 1. The van der Waals surface area contributed by atoms with Crippen LogP contribution in [-0.4, -0.2) is 49.8 Å². The molecule has 27 heavy (non-hydrogen) atoms. The molecule has 0 bridgehead atoms. The summed E-state index contributed by atoms with van der Waals surface area (Å²) < 4.78 is 21.8. The number of rotatable bonds is 7. The minimum Gasteiger partial charge on any atom is -0.493 e. The second kappa shape index (κ2) is 8.85. The number of thioether (sulfide) groups is 1. The van der Waals surface area contributed by atoms with Gasteiger partial charge in [-0.2, -0.15) is 11.8 Å². The largest absolute Gasteiger partial charge is 0.493 e. The van der Waals surface area contributed by atoms with Crippen LogP contribution >= 0.6 is 11.8 Å². The average molecular weight is 390 g/mol. The van der Waals surface area contributed by atoms with Crippen LogP contribution in [0.4, 0.5) is 5.69 Å². The summed E-state index contributed by atoms with van der Waals surface area (Å²) in [5, 5.41) is 2.84. The molecule has 0 spiro atoms. The number of amides is 1. The summed E-state index contributed by atoms with van der Waals surface area (Å²) in [6.07, 6.45) is 2.71. The lowest BCUT2D eigenvalue weighted by Gasteiger charge is -2.15. The van der Waals surface area contributed by atoms with Gasteiger partial charge >= 0.3 is 0 Å². The number of aromatic nitrogens is 1. The molecule has 1 saturated heterocycles. The van der Waals surface area contributed by atoms with Crippen LogP contribution in [-0.2, 0) is 0 Å². The van der Waals surface area contributed by atoms with Crippen molar-refractivity contribution in [2.45, 2.75) is 12.5 Å². The smallest absolute Gasteiger partial charge is 0.255 e. The monoisotopic (exact) mass is 390 g/mol. The number of anilines is 1. The van der Waals surface area contributed by atoms with Crippen LogP contribution in [0.25, 0.3) is 0 Å². The number of nitrogens with zero attached hydrogens (tertiary/aromatic N) is 1. The fraction of sp³-hybridized carbons (Fsp3) is 0.368. The first-order valence-corrected chi connectivity index (χ1v) is 9.62. The Bertz CT molecular complexity index is 783. The van der Waals surface area contributed by atoms with Gasteiger partial charge in [0.2, 0.25) is 11.6 Å². The molecule has 1 N–H and O–H groups in total. The number of carbonyl (C=O) groups excluding carboxylic acids is 1. The van der Waals surface area contributed by atoms with Crippen molar-refractivity contribution in [3.8, 4) is 23.1 Å². The average Bonchev–Trinajstić information content (AvgIpc) is 3.20. The Hall–Kier alpha value is -2.61. The van der Waals surface area contributed by atoms with E-state index in [1.54, 1.807) is 30.5 Å². The highest BCUT2D eigenvalue weighted by atomic mass is 32.2. The third kappa shape index (κ3) is 4.57. The van der Waals surface area contributed by atoms with Gasteiger partial charge in [0.15, 0.2) is 11.5 Å². The van der Waals surface area contributed by atoms with Crippen LogP contribution in [0.2, 0.25) is 0 Å². The van der Waals surface area contributed by atoms with Gasteiger partial charge < -0.3 is 24.3 Å². The summed E-state index contributed by atoms with van der Waals surface area (Å²) in [4.78, 5) is 16.8. The molecular weight excluding hydrogens is 368 g/mol. The van der Waals surface area contributed by atoms with E-state index in [0.29, 0.717) is 34.4 Å². The zero-order valence-corrected chi connectivity index (χ0v) is 16.3. The Labute approximate surface area is 162 Å². The molecule has 1 aromatic carbocycles. The Morgan fingerprint density at radius 2 is 1.89 bits per heavy atom. The molecular formula is C19H22N2O5S. The Kier molecular flexibility index (Phi) is 6.28. The maximum absolute atomic E-state index is 12.6. The predicted octanol–water partition coefficient (Wildman–Crippen LogP) is 3.24. The summed E-state index contributed by atoms with van der Waals surface area (Å²) in [6.45, 7) is 0. The van der Waals surface area contributed by atoms with Crippen molar-refractivity contribution in [1.29, 1.82) is 0 Å². The normalized spacial score (nSPS) is 15.9. The third-order valence-corrected chi connectivity index (χ3v) is 5.23. The van der Waals surface area contributed by atoms with Crippen molar-refractivity contribution < 1.29 is 23.7 Å². The van der Waals surface area contributed by atoms with Gasteiger partial charge in [-0.05, 0) is 18.2 Å². The second-order valence-corrected chi connectivity index (χ2v) is 7.00. The summed E-state index contributed by atoms with van der Waals surface area (Å²) in [6, 6.07) is 6.64. The van der Waals surface area contributed by atoms with Crippen molar-refractivity contribution in [3.05, 3.63) is 36.0 Å². The zero-order valence-electron chi connectivity index (χ0n) is 15.5. The molecule has 2 heterocycles. The molecule has 1 aliphatic rings. The van der Waals surface area contributed by atoms with Crippen molar-refractivity contribution in [2.75, 3.05) is 38.2 Å². The van der Waals surface area contributed by atoms with E-state index >= 15 is 0 Å². The molecule has 144 valence electrons. The summed E-state index contributed by atoms with van der Waals surface area (Å²) >= 11 is 1.86. The lowest BCUT2D eigenvalue weighted by atomic mass is 10.2. The Balaban J connectivity index is 1.77. The van der Waals surface area contributed by atoms with E-state index < -0.39 is 0 Å². The standard InChI is InChI=1S/C19H22N2O5S/c1-23-15-9-13(10-16(24-2)18(15)25-3)21-19(22)12-4-6-20-17(8-12)26-14-5-7-27-11-14/h4,6,8-10,14H,5,7,11H2,1-3H3,(H,21,22). The number of hydrogen-bond acceptors (Lipinski definition) is 7. The van der Waals surface area contributed by atoms with E-state index in [1.165, 1.54) is 21.3 Å². The molecule has 1 aromatic heterocycles. The summed E-state index contributed by atoms with van der Waals surface area (Å²) in [5.41, 5.74) is 0.986. The Morgan fingerprint density at radius 1 is 1.15 bits per heavy atom. The predicted molar refractivity (Wildman–Crippen MR) is 105 cm³/mol. The van der Waals surface area contributed by atoms with Gasteiger partial charge in [-0.3, -0.25) is 4.79 Å². The van der Waals surface area contributed by atoms with E-state index in [9.17, 15) is 4.79 Å². The van der Waals surface area contributed by atoms with Crippen LogP contribution in [0.15, 0.2) is 30.5 Å². The van der Waals surface area contributed by atoms with Crippen molar-refractivity contribution in [1.82, 2.24) is 4.98 Å². The molecule has 1 atom stereocenters. The van der Waals surface area contributed by atoms with Crippen LogP contribution in [0.5, 0.6) is 23.1 Å². The Morgan fingerprint density at radius 3 is 2.48 bits per heavy atom. The maximum atomic E-state index is 12.6. The van der Waals surface area contributed by atoms with E-state index in [2.05, 4.69) is 10.3 Å². The number of benzene rings is 1. The number of nitrogens with one attached hydrogen (secondary N) is 1. The highest BCUT2D eigenvalue weighted by molar-refractivity contribution is 7.99. The summed E-state index contributed by atoms with van der Waals surface area (Å²) in [5.74, 6) is 3.61. The van der Waals surface area contributed by atoms with Gasteiger partial charge in [-0.25, -0.2) is 4.98 Å². The number of carbonyl (C=O) groups is 1. The van der Waals surface area contributed by atoms with Gasteiger partial charge in [-0.15, -0.1) is 0 Å².